The molecule has 6 heteroatoms. The SMILES string of the molecule is Cc1cc(NC(=O)C2(c3ccc4c(c3)CCO4)CC2)nc(-c2ccc[nH]c2=O)c1. The van der Waals surface area contributed by atoms with Gasteiger partial charge in [-0.25, -0.2) is 4.98 Å². The first-order chi connectivity index (χ1) is 14.0. The molecular formula is C23H21N3O3. The maximum atomic E-state index is 13.2. The van der Waals surface area contributed by atoms with Crippen molar-refractivity contribution in [1.29, 1.82) is 0 Å². The molecule has 2 aliphatic rings. The Labute approximate surface area is 168 Å². The number of hydrogen-bond donors (Lipinski definition) is 2. The average molecular weight is 387 g/mol. The van der Waals surface area contributed by atoms with E-state index in [2.05, 4.69) is 21.4 Å². The monoisotopic (exact) mass is 387 g/mol. The molecule has 1 amide bonds. The second-order valence-electron chi connectivity index (χ2n) is 7.79. The number of nitrogens with zero attached hydrogens (tertiary/aromatic N) is 1. The minimum absolute atomic E-state index is 0.0533. The fraction of sp³-hybridized carbons (Fsp3) is 0.261. The minimum atomic E-state index is -0.507. The second kappa shape index (κ2) is 6.58. The standard InChI is InChI=1S/C23H21N3O3/c1-14-11-18(17-3-2-9-24-21(17)27)25-20(12-14)26-22(28)23(7-8-23)16-4-5-19-15(13-16)6-10-29-19/h2-5,9,11-13H,6-8,10H2,1H3,(H,24,27)(H,25,26,28). The lowest BCUT2D eigenvalue weighted by molar-refractivity contribution is -0.118. The minimum Gasteiger partial charge on any atom is -0.493 e. The molecule has 2 N–H and O–H groups in total. The van der Waals surface area contributed by atoms with Crippen molar-refractivity contribution in [3.63, 3.8) is 0 Å². The molecule has 1 fully saturated rings. The molecule has 0 unspecified atom stereocenters. The second-order valence-corrected chi connectivity index (χ2v) is 7.79. The number of rotatable bonds is 4. The molecule has 1 aliphatic heterocycles. The van der Waals surface area contributed by atoms with Gasteiger partial charge in [0.2, 0.25) is 5.91 Å². The lowest BCUT2D eigenvalue weighted by atomic mass is 9.92. The quantitative estimate of drug-likeness (QED) is 0.719. The lowest BCUT2D eigenvalue weighted by Crippen LogP contribution is -2.28. The van der Waals surface area contributed by atoms with Crippen LogP contribution in [0.1, 0.15) is 29.5 Å². The third-order valence-electron chi connectivity index (χ3n) is 5.73. The molecule has 29 heavy (non-hydrogen) atoms. The first kappa shape index (κ1) is 17.7. The van der Waals surface area contributed by atoms with Gasteiger partial charge in [0, 0.05) is 12.6 Å². The number of carbonyl (C=O) groups is 1. The van der Waals surface area contributed by atoms with Gasteiger partial charge in [-0.05, 0) is 66.8 Å². The molecule has 6 nitrogen and oxygen atoms in total. The van der Waals surface area contributed by atoms with Crippen molar-refractivity contribution in [1.82, 2.24) is 9.97 Å². The van der Waals surface area contributed by atoms with Crippen molar-refractivity contribution in [2.24, 2.45) is 0 Å². The summed E-state index contributed by atoms with van der Waals surface area (Å²) in [6, 6.07) is 13.2. The van der Waals surface area contributed by atoms with E-state index >= 15 is 0 Å². The number of pyridine rings is 2. The summed E-state index contributed by atoms with van der Waals surface area (Å²) < 4.78 is 5.58. The number of nitrogens with one attached hydrogen (secondary N) is 2. The van der Waals surface area contributed by atoms with Gasteiger partial charge < -0.3 is 15.0 Å². The molecule has 5 rings (SSSR count). The highest BCUT2D eigenvalue weighted by Crippen LogP contribution is 2.50. The molecule has 2 aromatic heterocycles. The Kier molecular flexibility index (Phi) is 4.01. The molecule has 1 aliphatic carbocycles. The van der Waals surface area contributed by atoms with E-state index in [0.717, 1.165) is 36.1 Å². The summed E-state index contributed by atoms with van der Waals surface area (Å²) in [5.41, 5.74) is 3.43. The first-order valence-corrected chi connectivity index (χ1v) is 9.80. The van der Waals surface area contributed by atoms with Crippen LogP contribution in [0.15, 0.2) is 53.5 Å². The van der Waals surface area contributed by atoms with E-state index in [4.69, 9.17) is 4.74 Å². The fourth-order valence-corrected chi connectivity index (χ4v) is 3.98. The third-order valence-corrected chi connectivity index (χ3v) is 5.73. The molecule has 1 saturated carbocycles. The lowest BCUT2D eigenvalue weighted by Gasteiger charge is -2.17. The van der Waals surface area contributed by atoms with Gasteiger partial charge in [-0.2, -0.15) is 0 Å². The van der Waals surface area contributed by atoms with Gasteiger partial charge in [-0.3, -0.25) is 9.59 Å². The molecule has 0 atom stereocenters. The van der Waals surface area contributed by atoms with Crippen molar-refractivity contribution >= 4 is 11.7 Å². The van der Waals surface area contributed by atoms with Crippen molar-refractivity contribution < 1.29 is 9.53 Å². The van der Waals surface area contributed by atoms with Gasteiger partial charge in [0.1, 0.15) is 11.6 Å². The molecule has 3 heterocycles. The summed E-state index contributed by atoms with van der Waals surface area (Å²) >= 11 is 0. The Bertz CT molecular complexity index is 1180. The number of aromatic amines is 1. The Morgan fingerprint density at radius 3 is 2.86 bits per heavy atom. The van der Waals surface area contributed by atoms with Gasteiger partial charge >= 0.3 is 0 Å². The Morgan fingerprint density at radius 1 is 1.21 bits per heavy atom. The molecule has 0 spiro atoms. The Morgan fingerprint density at radius 2 is 2.07 bits per heavy atom. The smallest absolute Gasteiger partial charge is 0.257 e. The number of amides is 1. The fourth-order valence-electron chi connectivity index (χ4n) is 3.98. The zero-order chi connectivity index (χ0) is 20.0. The highest BCUT2D eigenvalue weighted by atomic mass is 16.5. The van der Waals surface area contributed by atoms with E-state index < -0.39 is 5.41 Å². The average Bonchev–Trinajstić information content (AvgIpc) is 3.39. The Balaban J connectivity index is 1.44. The van der Waals surface area contributed by atoms with Crippen LogP contribution in [0, 0.1) is 6.92 Å². The van der Waals surface area contributed by atoms with Crippen molar-refractivity contribution in [2.45, 2.75) is 31.6 Å². The van der Waals surface area contributed by atoms with Crippen LogP contribution in [-0.2, 0) is 16.6 Å². The van der Waals surface area contributed by atoms with E-state index in [1.54, 1.807) is 18.3 Å². The number of aromatic nitrogens is 2. The molecule has 0 radical (unpaired) electrons. The van der Waals surface area contributed by atoms with Crippen molar-refractivity contribution in [3.8, 4) is 17.0 Å². The van der Waals surface area contributed by atoms with Crippen LogP contribution in [0.4, 0.5) is 5.82 Å². The maximum absolute atomic E-state index is 13.2. The molecule has 0 saturated heterocycles. The van der Waals surface area contributed by atoms with Crippen LogP contribution >= 0.6 is 0 Å². The van der Waals surface area contributed by atoms with Crippen LogP contribution in [-0.4, -0.2) is 22.5 Å². The number of hydrogen-bond acceptors (Lipinski definition) is 4. The van der Waals surface area contributed by atoms with Gasteiger partial charge in [0.25, 0.3) is 5.56 Å². The van der Waals surface area contributed by atoms with Crippen LogP contribution in [0.25, 0.3) is 11.3 Å². The first-order valence-electron chi connectivity index (χ1n) is 9.80. The number of benzene rings is 1. The summed E-state index contributed by atoms with van der Waals surface area (Å²) in [5.74, 6) is 1.33. The van der Waals surface area contributed by atoms with E-state index in [-0.39, 0.29) is 11.5 Å². The predicted molar refractivity (Wildman–Crippen MR) is 110 cm³/mol. The zero-order valence-corrected chi connectivity index (χ0v) is 16.1. The number of carbonyl (C=O) groups excluding carboxylic acids is 1. The maximum Gasteiger partial charge on any atom is 0.257 e. The largest absolute Gasteiger partial charge is 0.493 e. The summed E-state index contributed by atoms with van der Waals surface area (Å²) in [6.45, 7) is 2.62. The van der Waals surface area contributed by atoms with E-state index in [1.165, 1.54) is 5.56 Å². The van der Waals surface area contributed by atoms with E-state index in [9.17, 15) is 9.59 Å². The summed E-state index contributed by atoms with van der Waals surface area (Å²) in [5, 5.41) is 2.99. The summed E-state index contributed by atoms with van der Waals surface area (Å²) in [6.07, 6.45) is 4.10. The number of aryl methyl sites for hydroxylation is 1. The topological polar surface area (TPSA) is 84.1 Å². The third kappa shape index (κ3) is 3.10. The number of anilines is 1. The van der Waals surface area contributed by atoms with Gasteiger partial charge in [0.15, 0.2) is 0 Å². The van der Waals surface area contributed by atoms with Crippen molar-refractivity contribution in [3.05, 3.63) is 75.7 Å². The van der Waals surface area contributed by atoms with Crippen LogP contribution in [0.2, 0.25) is 0 Å². The molecule has 3 aromatic rings. The highest BCUT2D eigenvalue weighted by Gasteiger charge is 2.51. The van der Waals surface area contributed by atoms with Gasteiger partial charge in [-0.1, -0.05) is 12.1 Å². The number of fused-ring (bicyclic) bond motifs is 1. The summed E-state index contributed by atoms with van der Waals surface area (Å²) in [7, 11) is 0. The number of H-pyrrole nitrogens is 1. The van der Waals surface area contributed by atoms with Crippen LogP contribution in [0.5, 0.6) is 5.75 Å². The zero-order valence-electron chi connectivity index (χ0n) is 16.1. The predicted octanol–water partition coefficient (Wildman–Crippen LogP) is 3.35. The van der Waals surface area contributed by atoms with E-state index in [0.29, 0.717) is 23.7 Å². The van der Waals surface area contributed by atoms with Crippen molar-refractivity contribution in [2.75, 3.05) is 11.9 Å². The van der Waals surface area contributed by atoms with E-state index in [1.807, 2.05) is 31.2 Å². The Hall–Kier alpha value is -3.41. The normalized spacial score (nSPS) is 16.0. The molecule has 146 valence electrons. The van der Waals surface area contributed by atoms with Crippen LogP contribution in [0.3, 0.4) is 0 Å². The van der Waals surface area contributed by atoms with Crippen LogP contribution < -0.4 is 15.6 Å². The number of ether oxygens (including phenoxy) is 1. The van der Waals surface area contributed by atoms with Gasteiger partial charge in [-0.15, -0.1) is 0 Å². The molecular weight excluding hydrogens is 366 g/mol. The molecule has 0 bridgehead atoms. The highest BCUT2D eigenvalue weighted by molar-refractivity contribution is 6.01. The summed E-state index contributed by atoms with van der Waals surface area (Å²) in [4.78, 5) is 32.5. The molecule has 1 aromatic carbocycles. The van der Waals surface area contributed by atoms with Gasteiger partial charge in [0.05, 0.1) is 23.3 Å².